The summed E-state index contributed by atoms with van der Waals surface area (Å²) in [7, 11) is 0. The third-order valence-electron chi connectivity index (χ3n) is 4.29. The summed E-state index contributed by atoms with van der Waals surface area (Å²) in [6.45, 7) is 10.2. The number of nitrogens with one attached hydrogen (secondary N) is 1. The van der Waals surface area contributed by atoms with Crippen LogP contribution in [0, 0.1) is 27.7 Å². The highest BCUT2D eigenvalue weighted by Crippen LogP contribution is 2.29. The third-order valence-corrected chi connectivity index (χ3v) is 4.29. The van der Waals surface area contributed by atoms with Crippen molar-refractivity contribution in [3.63, 3.8) is 0 Å². The fourth-order valence-electron chi connectivity index (χ4n) is 2.91. The minimum absolute atomic E-state index is 0.0808. The number of furan rings is 1. The number of ketones is 1. The zero-order valence-corrected chi connectivity index (χ0v) is 17.0. The van der Waals surface area contributed by atoms with Gasteiger partial charge in [0.15, 0.2) is 12.4 Å². The van der Waals surface area contributed by atoms with Crippen molar-refractivity contribution in [1.82, 2.24) is 0 Å². The highest BCUT2D eigenvalue weighted by Gasteiger charge is 2.28. The van der Waals surface area contributed by atoms with Crippen molar-refractivity contribution in [1.29, 1.82) is 0 Å². The molecule has 2 rings (SSSR count). The van der Waals surface area contributed by atoms with Gasteiger partial charge in [-0.1, -0.05) is 6.07 Å². The summed E-state index contributed by atoms with van der Waals surface area (Å²) < 4.78 is 16.1. The van der Waals surface area contributed by atoms with Gasteiger partial charge in [0.25, 0.3) is 5.91 Å². The van der Waals surface area contributed by atoms with Crippen molar-refractivity contribution in [3.05, 3.63) is 45.7 Å². The number of carbonyl (C=O) groups excluding carboxylic acids is 3. The van der Waals surface area contributed by atoms with E-state index in [0.717, 1.165) is 16.7 Å². The fraction of sp³-hybridized carbons (Fsp3) is 0.381. The average molecular weight is 387 g/mol. The van der Waals surface area contributed by atoms with Crippen LogP contribution in [0.5, 0.6) is 5.75 Å². The summed E-state index contributed by atoms with van der Waals surface area (Å²) in [5.41, 5.74) is 3.05. The lowest BCUT2D eigenvalue weighted by molar-refractivity contribution is -0.118. The molecule has 0 saturated heterocycles. The van der Waals surface area contributed by atoms with Crippen LogP contribution in [0.15, 0.2) is 16.5 Å². The molecule has 0 aliphatic carbocycles. The molecule has 1 amide bonds. The lowest BCUT2D eigenvalue weighted by Crippen LogP contribution is -2.22. The normalized spacial score (nSPS) is 10.5. The van der Waals surface area contributed by atoms with Gasteiger partial charge in [0.2, 0.25) is 5.88 Å². The van der Waals surface area contributed by atoms with Crippen molar-refractivity contribution in [2.75, 3.05) is 18.5 Å². The molecule has 7 nitrogen and oxygen atoms in total. The van der Waals surface area contributed by atoms with E-state index in [9.17, 15) is 14.4 Å². The highest BCUT2D eigenvalue weighted by atomic mass is 16.5. The van der Waals surface area contributed by atoms with Crippen molar-refractivity contribution in [2.24, 2.45) is 0 Å². The van der Waals surface area contributed by atoms with Gasteiger partial charge in [0.05, 0.1) is 12.2 Å². The number of hydrogen-bond acceptors (Lipinski definition) is 6. The van der Waals surface area contributed by atoms with Gasteiger partial charge >= 0.3 is 5.97 Å². The first-order chi connectivity index (χ1) is 13.1. The molecule has 1 N–H and O–H groups in total. The molecule has 1 aromatic heterocycles. The Morgan fingerprint density at radius 1 is 1.07 bits per heavy atom. The molecule has 0 fully saturated rings. The molecule has 7 heteroatoms. The number of carbonyl (C=O) groups is 3. The summed E-state index contributed by atoms with van der Waals surface area (Å²) in [6.07, 6.45) is 0. The number of benzene rings is 1. The third kappa shape index (κ3) is 4.60. The Labute approximate surface area is 164 Å². The summed E-state index contributed by atoms with van der Waals surface area (Å²) in [6, 6.07) is 3.88. The second-order valence-electron chi connectivity index (χ2n) is 6.56. The van der Waals surface area contributed by atoms with E-state index in [0.29, 0.717) is 5.75 Å². The van der Waals surface area contributed by atoms with Crippen molar-refractivity contribution in [2.45, 2.75) is 41.5 Å². The van der Waals surface area contributed by atoms with Crippen LogP contribution in [0.3, 0.4) is 0 Å². The van der Waals surface area contributed by atoms with Crippen LogP contribution in [0.1, 0.15) is 57.0 Å². The van der Waals surface area contributed by atoms with Gasteiger partial charge in [-0.2, -0.15) is 0 Å². The maximum atomic E-state index is 12.4. The Morgan fingerprint density at radius 2 is 1.75 bits per heavy atom. The molecular formula is C21H25NO6. The van der Waals surface area contributed by atoms with Crippen molar-refractivity contribution >= 4 is 23.5 Å². The zero-order chi connectivity index (χ0) is 21.0. The summed E-state index contributed by atoms with van der Waals surface area (Å²) >= 11 is 0. The molecule has 28 heavy (non-hydrogen) atoms. The summed E-state index contributed by atoms with van der Waals surface area (Å²) in [5.74, 6) is -0.882. The molecule has 0 aliphatic rings. The first-order valence-corrected chi connectivity index (χ1v) is 8.97. The Hall–Kier alpha value is -3.09. The van der Waals surface area contributed by atoms with Crippen LogP contribution in [0.4, 0.5) is 5.88 Å². The van der Waals surface area contributed by atoms with E-state index in [-0.39, 0.29) is 41.8 Å². The van der Waals surface area contributed by atoms with E-state index in [4.69, 9.17) is 13.9 Å². The van der Waals surface area contributed by atoms with Gasteiger partial charge in [0, 0.05) is 0 Å². The van der Waals surface area contributed by atoms with Gasteiger partial charge in [0.1, 0.15) is 17.1 Å². The van der Waals surface area contributed by atoms with Gasteiger partial charge in [-0.05, 0) is 64.3 Å². The predicted molar refractivity (Wildman–Crippen MR) is 104 cm³/mol. The Kier molecular flexibility index (Phi) is 6.62. The molecule has 0 bridgehead atoms. The zero-order valence-electron chi connectivity index (χ0n) is 17.0. The summed E-state index contributed by atoms with van der Waals surface area (Å²) in [4.78, 5) is 36.5. The largest absolute Gasteiger partial charge is 0.483 e. The fourth-order valence-corrected chi connectivity index (χ4v) is 2.91. The van der Waals surface area contributed by atoms with Crippen LogP contribution in [0.2, 0.25) is 0 Å². The van der Waals surface area contributed by atoms with E-state index in [2.05, 4.69) is 5.32 Å². The predicted octanol–water partition coefficient (Wildman–Crippen LogP) is 3.91. The molecule has 0 saturated carbocycles. The van der Waals surface area contributed by atoms with Crippen molar-refractivity contribution in [3.8, 4) is 5.75 Å². The quantitative estimate of drug-likeness (QED) is 0.572. The van der Waals surface area contributed by atoms with E-state index >= 15 is 0 Å². The molecule has 0 aliphatic heterocycles. The first kappa shape index (κ1) is 21.2. The van der Waals surface area contributed by atoms with Crippen LogP contribution >= 0.6 is 0 Å². The standard InChI is InChI=1S/C21H25NO6/c1-7-26-21(25)19-18(14(5)23)15(6)28-20(19)22-17(24)10-27-16-9-11(2)8-12(3)13(16)4/h8-9H,7,10H2,1-6H3,(H,22,24). The number of ether oxygens (including phenoxy) is 2. The maximum Gasteiger partial charge on any atom is 0.344 e. The molecule has 0 radical (unpaired) electrons. The second kappa shape index (κ2) is 8.73. The molecule has 0 unspecified atom stereocenters. The number of Topliss-reactive ketones (excluding diaryl/α,β-unsaturated/α-hetero) is 1. The Bertz CT molecular complexity index is 925. The lowest BCUT2D eigenvalue weighted by Gasteiger charge is -2.12. The average Bonchev–Trinajstić information content (AvgIpc) is 2.93. The van der Waals surface area contributed by atoms with E-state index in [1.165, 1.54) is 6.92 Å². The van der Waals surface area contributed by atoms with Gasteiger partial charge in [-0.15, -0.1) is 0 Å². The molecule has 0 spiro atoms. The number of esters is 1. The van der Waals surface area contributed by atoms with Crippen LogP contribution in [0.25, 0.3) is 0 Å². The lowest BCUT2D eigenvalue weighted by atomic mass is 10.1. The van der Waals surface area contributed by atoms with Gasteiger partial charge in [-0.25, -0.2) is 4.79 Å². The smallest absolute Gasteiger partial charge is 0.344 e. The topological polar surface area (TPSA) is 94.8 Å². The van der Waals surface area contributed by atoms with Crippen LogP contribution in [-0.4, -0.2) is 30.9 Å². The summed E-state index contributed by atoms with van der Waals surface area (Å²) in [5, 5.41) is 2.50. The monoisotopic (exact) mass is 387 g/mol. The number of aryl methyl sites for hydroxylation is 3. The minimum Gasteiger partial charge on any atom is -0.483 e. The van der Waals surface area contributed by atoms with Gasteiger partial charge < -0.3 is 13.9 Å². The SMILES string of the molecule is CCOC(=O)c1c(NC(=O)COc2cc(C)cc(C)c2C)oc(C)c1C(C)=O. The van der Waals surface area contributed by atoms with E-state index < -0.39 is 11.9 Å². The first-order valence-electron chi connectivity index (χ1n) is 8.97. The Balaban J connectivity index is 2.21. The number of hydrogen-bond donors (Lipinski definition) is 1. The number of anilines is 1. The van der Waals surface area contributed by atoms with Crippen LogP contribution < -0.4 is 10.1 Å². The van der Waals surface area contributed by atoms with E-state index in [1.54, 1.807) is 13.8 Å². The molecule has 2 aromatic rings. The van der Waals surface area contributed by atoms with Crippen LogP contribution in [-0.2, 0) is 9.53 Å². The number of rotatable bonds is 7. The molecular weight excluding hydrogens is 362 g/mol. The Morgan fingerprint density at radius 3 is 2.36 bits per heavy atom. The minimum atomic E-state index is -0.731. The molecule has 0 atom stereocenters. The van der Waals surface area contributed by atoms with Gasteiger partial charge in [-0.3, -0.25) is 14.9 Å². The second-order valence-corrected chi connectivity index (χ2v) is 6.56. The van der Waals surface area contributed by atoms with E-state index in [1.807, 2.05) is 32.9 Å². The maximum absolute atomic E-state index is 12.4. The highest BCUT2D eigenvalue weighted by molar-refractivity contribution is 6.10. The molecule has 1 aromatic carbocycles. The van der Waals surface area contributed by atoms with Crippen molar-refractivity contribution < 1.29 is 28.3 Å². The molecule has 1 heterocycles. The molecule has 150 valence electrons. The number of amides is 1.